The zero-order valence-electron chi connectivity index (χ0n) is 8.71. The Balaban J connectivity index is 3.14. The first kappa shape index (κ1) is 11.5. The van der Waals surface area contributed by atoms with Crippen LogP contribution in [0.1, 0.15) is 11.1 Å². The van der Waals surface area contributed by atoms with Crippen LogP contribution < -0.4 is 4.74 Å². The van der Waals surface area contributed by atoms with Crippen LogP contribution in [0, 0.1) is 17.1 Å². The summed E-state index contributed by atoms with van der Waals surface area (Å²) in [6, 6.07) is 5.04. The molecule has 1 rings (SSSR count). The van der Waals surface area contributed by atoms with Gasteiger partial charge < -0.3 is 9.47 Å². The van der Waals surface area contributed by atoms with E-state index in [1.165, 1.54) is 20.3 Å². The number of benzene rings is 1. The molecule has 0 spiro atoms. The fourth-order valence-corrected chi connectivity index (χ4v) is 1.41. The number of rotatable bonds is 4. The first-order valence-electron chi connectivity index (χ1n) is 4.44. The molecule has 80 valence electrons. The van der Waals surface area contributed by atoms with Gasteiger partial charge in [-0.1, -0.05) is 0 Å². The number of hydrogen-bond donors (Lipinski definition) is 0. The highest BCUT2D eigenvalue weighted by molar-refractivity contribution is 5.40. The zero-order valence-corrected chi connectivity index (χ0v) is 8.71. The van der Waals surface area contributed by atoms with Gasteiger partial charge in [0.2, 0.25) is 0 Å². The van der Waals surface area contributed by atoms with Gasteiger partial charge in [-0.05, 0) is 17.7 Å². The quantitative estimate of drug-likeness (QED) is 0.762. The highest BCUT2D eigenvalue weighted by atomic mass is 19.1. The molecule has 0 amide bonds. The van der Waals surface area contributed by atoms with Crippen molar-refractivity contribution in [3.63, 3.8) is 0 Å². The molecule has 0 aromatic heterocycles. The van der Waals surface area contributed by atoms with Crippen LogP contribution in [0.15, 0.2) is 12.1 Å². The van der Waals surface area contributed by atoms with Gasteiger partial charge in [-0.3, -0.25) is 0 Å². The molecule has 3 nitrogen and oxygen atoms in total. The number of hydrogen-bond acceptors (Lipinski definition) is 3. The van der Waals surface area contributed by atoms with Crippen LogP contribution in [0.25, 0.3) is 0 Å². The molecule has 0 saturated heterocycles. The predicted octanol–water partition coefficient (Wildman–Crippen LogP) is 2.05. The van der Waals surface area contributed by atoms with Crippen LogP contribution in [0.3, 0.4) is 0 Å². The van der Waals surface area contributed by atoms with Gasteiger partial charge in [0, 0.05) is 12.7 Å². The maximum Gasteiger partial charge on any atom is 0.165 e. The standard InChI is InChI=1S/C11H12FNO2/c1-14-7-8-5-9(3-4-13)11(15-2)10(12)6-8/h5-6H,3,7H2,1-2H3. The van der Waals surface area contributed by atoms with E-state index in [-0.39, 0.29) is 12.2 Å². The molecule has 0 N–H and O–H groups in total. The van der Waals surface area contributed by atoms with E-state index in [4.69, 9.17) is 14.7 Å². The highest BCUT2D eigenvalue weighted by Crippen LogP contribution is 2.25. The molecule has 0 heterocycles. The number of halogens is 1. The summed E-state index contributed by atoms with van der Waals surface area (Å²) in [5.74, 6) is -0.325. The van der Waals surface area contributed by atoms with Gasteiger partial charge in [0.25, 0.3) is 0 Å². The van der Waals surface area contributed by atoms with Gasteiger partial charge in [0.05, 0.1) is 26.2 Å². The van der Waals surface area contributed by atoms with Crippen molar-refractivity contribution < 1.29 is 13.9 Å². The SMILES string of the molecule is COCc1cc(F)c(OC)c(CC#N)c1. The molecule has 0 fully saturated rings. The van der Waals surface area contributed by atoms with Crippen molar-refractivity contribution in [1.82, 2.24) is 0 Å². The Labute approximate surface area is 88.0 Å². The molecule has 0 radical (unpaired) electrons. The average Bonchev–Trinajstić information content (AvgIpc) is 2.18. The van der Waals surface area contributed by atoms with Gasteiger partial charge in [0.15, 0.2) is 11.6 Å². The third-order valence-corrected chi connectivity index (χ3v) is 1.96. The lowest BCUT2D eigenvalue weighted by atomic mass is 10.1. The van der Waals surface area contributed by atoms with E-state index >= 15 is 0 Å². The van der Waals surface area contributed by atoms with E-state index in [2.05, 4.69) is 0 Å². The Bertz CT molecular complexity index is 385. The minimum absolute atomic E-state index is 0.123. The molecule has 0 bridgehead atoms. The predicted molar refractivity (Wildman–Crippen MR) is 53.0 cm³/mol. The maximum atomic E-state index is 13.5. The fraction of sp³-hybridized carbons (Fsp3) is 0.364. The van der Waals surface area contributed by atoms with E-state index in [1.807, 2.05) is 6.07 Å². The molecule has 15 heavy (non-hydrogen) atoms. The van der Waals surface area contributed by atoms with Crippen molar-refractivity contribution in [2.24, 2.45) is 0 Å². The van der Waals surface area contributed by atoms with E-state index in [0.717, 1.165) is 0 Å². The summed E-state index contributed by atoms with van der Waals surface area (Å²) in [5, 5.41) is 8.59. The largest absolute Gasteiger partial charge is 0.493 e. The highest BCUT2D eigenvalue weighted by Gasteiger charge is 2.11. The van der Waals surface area contributed by atoms with Crippen LogP contribution in [-0.4, -0.2) is 14.2 Å². The monoisotopic (exact) mass is 209 g/mol. The average molecular weight is 209 g/mol. The van der Waals surface area contributed by atoms with Crippen LogP contribution in [0.2, 0.25) is 0 Å². The molecular weight excluding hydrogens is 197 g/mol. The Kier molecular flexibility index (Phi) is 4.07. The summed E-state index contributed by atoms with van der Waals surface area (Å²) in [4.78, 5) is 0. The summed E-state index contributed by atoms with van der Waals surface area (Å²) >= 11 is 0. The maximum absolute atomic E-state index is 13.5. The molecule has 1 aromatic carbocycles. The van der Waals surface area contributed by atoms with Gasteiger partial charge in [-0.15, -0.1) is 0 Å². The van der Waals surface area contributed by atoms with Gasteiger partial charge in [-0.25, -0.2) is 4.39 Å². The molecular formula is C11H12FNO2. The first-order valence-corrected chi connectivity index (χ1v) is 4.44. The van der Waals surface area contributed by atoms with E-state index in [9.17, 15) is 4.39 Å². The first-order chi connectivity index (χ1) is 7.22. The third-order valence-electron chi connectivity index (χ3n) is 1.96. The summed E-state index contributed by atoms with van der Waals surface area (Å²) < 4.78 is 23.3. The number of nitrogens with zero attached hydrogens (tertiary/aromatic N) is 1. The molecule has 0 atom stereocenters. The van der Waals surface area contributed by atoms with Crippen LogP contribution in [0.4, 0.5) is 4.39 Å². The van der Waals surface area contributed by atoms with Gasteiger partial charge in [0.1, 0.15) is 0 Å². The third kappa shape index (κ3) is 2.67. The van der Waals surface area contributed by atoms with Crippen molar-refractivity contribution in [3.05, 3.63) is 29.1 Å². The Morgan fingerprint density at radius 2 is 2.13 bits per heavy atom. The molecule has 0 unspecified atom stereocenters. The fourth-order valence-electron chi connectivity index (χ4n) is 1.41. The normalized spacial score (nSPS) is 9.73. The van der Waals surface area contributed by atoms with Crippen molar-refractivity contribution in [2.45, 2.75) is 13.0 Å². The van der Waals surface area contributed by atoms with Crippen LogP contribution >= 0.6 is 0 Å². The molecule has 0 saturated carbocycles. The topological polar surface area (TPSA) is 42.2 Å². The Morgan fingerprint density at radius 1 is 1.40 bits per heavy atom. The molecule has 0 aliphatic heterocycles. The summed E-state index contributed by atoms with van der Waals surface area (Å²) in [6.45, 7) is 0.319. The van der Waals surface area contributed by atoms with Gasteiger partial charge in [-0.2, -0.15) is 5.26 Å². The summed E-state index contributed by atoms with van der Waals surface area (Å²) in [6.07, 6.45) is 0.123. The number of methoxy groups -OCH3 is 2. The second kappa shape index (κ2) is 5.32. The van der Waals surface area contributed by atoms with Crippen molar-refractivity contribution in [2.75, 3.05) is 14.2 Å². The Morgan fingerprint density at radius 3 is 2.67 bits per heavy atom. The van der Waals surface area contributed by atoms with E-state index in [1.54, 1.807) is 6.07 Å². The lowest BCUT2D eigenvalue weighted by molar-refractivity contribution is 0.184. The van der Waals surface area contributed by atoms with Crippen molar-refractivity contribution in [3.8, 4) is 11.8 Å². The molecule has 0 aliphatic rings. The lowest BCUT2D eigenvalue weighted by Gasteiger charge is -2.09. The van der Waals surface area contributed by atoms with Gasteiger partial charge >= 0.3 is 0 Å². The van der Waals surface area contributed by atoms with Crippen molar-refractivity contribution in [1.29, 1.82) is 5.26 Å². The minimum Gasteiger partial charge on any atom is -0.493 e. The smallest absolute Gasteiger partial charge is 0.165 e. The number of nitriles is 1. The van der Waals surface area contributed by atoms with E-state index < -0.39 is 5.82 Å². The second-order valence-electron chi connectivity index (χ2n) is 3.04. The van der Waals surface area contributed by atoms with E-state index in [0.29, 0.717) is 17.7 Å². The molecule has 1 aromatic rings. The zero-order chi connectivity index (χ0) is 11.3. The summed E-state index contributed by atoms with van der Waals surface area (Å²) in [7, 11) is 2.92. The lowest BCUT2D eigenvalue weighted by Crippen LogP contribution is -1.98. The second-order valence-corrected chi connectivity index (χ2v) is 3.04. The molecule has 0 aliphatic carbocycles. The summed E-state index contributed by atoms with van der Waals surface area (Å²) in [5.41, 5.74) is 1.24. The van der Waals surface area contributed by atoms with Crippen molar-refractivity contribution >= 4 is 0 Å². The molecule has 4 heteroatoms. The number of ether oxygens (including phenoxy) is 2. The van der Waals surface area contributed by atoms with Crippen LogP contribution in [-0.2, 0) is 17.8 Å². The minimum atomic E-state index is -0.461. The Hall–Kier alpha value is -1.60. The van der Waals surface area contributed by atoms with Crippen LogP contribution in [0.5, 0.6) is 5.75 Å².